The number of anilines is 1. The van der Waals surface area contributed by atoms with E-state index >= 15 is 0 Å². The molecule has 1 aromatic carbocycles. The molecular formula is C13H16BrN3. The Balaban J connectivity index is 2.04. The monoisotopic (exact) mass is 293 g/mol. The van der Waals surface area contributed by atoms with Gasteiger partial charge in [0, 0.05) is 23.8 Å². The molecule has 1 N–H and O–H groups in total. The smallest absolute Gasteiger partial charge is 0.203 e. The van der Waals surface area contributed by atoms with E-state index in [1.54, 1.807) is 0 Å². The third-order valence-electron chi connectivity index (χ3n) is 2.60. The molecule has 0 radical (unpaired) electrons. The van der Waals surface area contributed by atoms with Gasteiger partial charge in [0.15, 0.2) is 0 Å². The van der Waals surface area contributed by atoms with Crippen molar-refractivity contribution in [2.45, 2.75) is 26.9 Å². The van der Waals surface area contributed by atoms with E-state index in [2.05, 4.69) is 68.2 Å². The lowest BCUT2D eigenvalue weighted by atomic mass is 10.2. The van der Waals surface area contributed by atoms with Gasteiger partial charge >= 0.3 is 0 Å². The van der Waals surface area contributed by atoms with Gasteiger partial charge in [-0.25, -0.2) is 4.98 Å². The Morgan fingerprint density at radius 1 is 1.29 bits per heavy atom. The zero-order valence-electron chi connectivity index (χ0n) is 10.1. The van der Waals surface area contributed by atoms with Gasteiger partial charge in [-0.3, -0.25) is 0 Å². The number of aryl methyl sites for hydroxylation is 2. The van der Waals surface area contributed by atoms with Crippen LogP contribution in [-0.4, -0.2) is 9.55 Å². The van der Waals surface area contributed by atoms with Crippen molar-refractivity contribution >= 4 is 21.9 Å². The quantitative estimate of drug-likeness (QED) is 0.934. The van der Waals surface area contributed by atoms with Crippen LogP contribution in [0.3, 0.4) is 0 Å². The fraction of sp³-hybridized carbons (Fsp3) is 0.308. The van der Waals surface area contributed by atoms with E-state index in [-0.39, 0.29) is 0 Å². The molecule has 0 fully saturated rings. The molecular weight excluding hydrogens is 278 g/mol. The molecule has 3 nitrogen and oxygen atoms in total. The lowest BCUT2D eigenvalue weighted by Crippen LogP contribution is -2.06. The predicted molar refractivity (Wildman–Crippen MR) is 74.1 cm³/mol. The molecule has 17 heavy (non-hydrogen) atoms. The van der Waals surface area contributed by atoms with Crippen molar-refractivity contribution in [2.75, 3.05) is 5.32 Å². The van der Waals surface area contributed by atoms with Crippen LogP contribution in [0.15, 0.2) is 34.9 Å². The Morgan fingerprint density at radius 3 is 2.65 bits per heavy atom. The van der Waals surface area contributed by atoms with Crippen LogP contribution in [0.2, 0.25) is 0 Å². The highest BCUT2D eigenvalue weighted by molar-refractivity contribution is 9.10. The van der Waals surface area contributed by atoms with Gasteiger partial charge < -0.3 is 9.88 Å². The third kappa shape index (κ3) is 3.09. The number of hydrogen-bond donors (Lipinski definition) is 1. The van der Waals surface area contributed by atoms with Crippen LogP contribution in [0.5, 0.6) is 0 Å². The van der Waals surface area contributed by atoms with Crippen LogP contribution in [0.4, 0.5) is 5.95 Å². The summed E-state index contributed by atoms with van der Waals surface area (Å²) in [6, 6.07) is 8.30. The molecule has 0 spiro atoms. The fourth-order valence-corrected chi connectivity index (χ4v) is 1.98. The van der Waals surface area contributed by atoms with Crippen molar-refractivity contribution < 1.29 is 0 Å². The molecule has 0 atom stereocenters. The minimum atomic E-state index is 0.795. The van der Waals surface area contributed by atoms with Gasteiger partial charge in [-0.05, 0) is 31.5 Å². The second-order valence-corrected chi connectivity index (χ2v) is 4.89. The van der Waals surface area contributed by atoms with Gasteiger partial charge in [0.1, 0.15) is 0 Å². The SMILES string of the molecule is CCn1cc(C)nc1NCc1ccc(Br)cc1. The summed E-state index contributed by atoms with van der Waals surface area (Å²) >= 11 is 3.43. The van der Waals surface area contributed by atoms with Gasteiger partial charge in [0.25, 0.3) is 0 Å². The zero-order chi connectivity index (χ0) is 12.3. The maximum Gasteiger partial charge on any atom is 0.203 e. The summed E-state index contributed by atoms with van der Waals surface area (Å²) in [6.45, 7) is 5.86. The highest BCUT2D eigenvalue weighted by Crippen LogP contribution is 2.13. The number of imidazole rings is 1. The standard InChI is InChI=1S/C13H16BrN3/c1-3-17-9-10(2)16-13(17)15-8-11-4-6-12(14)7-5-11/h4-7,9H,3,8H2,1-2H3,(H,15,16). The molecule has 0 unspecified atom stereocenters. The molecule has 4 heteroatoms. The number of rotatable bonds is 4. The van der Waals surface area contributed by atoms with Gasteiger partial charge in [0.2, 0.25) is 5.95 Å². The summed E-state index contributed by atoms with van der Waals surface area (Å²) in [4.78, 5) is 4.46. The maximum atomic E-state index is 4.46. The zero-order valence-corrected chi connectivity index (χ0v) is 11.7. The number of nitrogens with zero attached hydrogens (tertiary/aromatic N) is 2. The lowest BCUT2D eigenvalue weighted by molar-refractivity contribution is 0.762. The molecule has 1 aromatic heterocycles. The maximum absolute atomic E-state index is 4.46. The van der Waals surface area contributed by atoms with E-state index in [1.165, 1.54) is 5.56 Å². The summed E-state index contributed by atoms with van der Waals surface area (Å²) < 4.78 is 3.22. The summed E-state index contributed by atoms with van der Waals surface area (Å²) in [5.74, 6) is 0.938. The second-order valence-electron chi connectivity index (χ2n) is 3.97. The van der Waals surface area contributed by atoms with Gasteiger partial charge in [-0.2, -0.15) is 0 Å². The van der Waals surface area contributed by atoms with Gasteiger partial charge in [-0.1, -0.05) is 28.1 Å². The molecule has 0 aliphatic heterocycles. The Labute approximate surface area is 110 Å². The molecule has 0 saturated carbocycles. The van der Waals surface area contributed by atoms with E-state index in [1.807, 2.05) is 6.92 Å². The first-order valence-electron chi connectivity index (χ1n) is 5.71. The van der Waals surface area contributed by atoms with E-state index in [9.17, 15) is 0 Å². The highest BCUT2D eigenvalue weighted by atomic mass is 79.9. The minimum absolute atomic E-state index is 0.795. The van der Waals surface area contributed by atoms with E-state index < -0.39 is 0 Å². The molecule has 1 heterocycles. The normalized spacial score (nSPS) is 10.5. The van der Waals surface area contributed by atoms with Crippen molar-refractivity contribution in [1.82, 2.24) is 9.55 Å². The van der Waals surface area contributed by atoms with Crippen LogP contribution >= 0.6 is 15.9 Å². The van der Waals surface area contributed by atoms with Crippen LogP contribution in [0, 0.1) is 6.92 Å². The summed E-state index contributed by atoms with van der Waals surface area (Å²) in [6.07, 6.45) is 2.06. The van der Waals surface area contributed by atoms with Crippen molar-refractivity contribution in [2.24, 2.45) is 0 Å². The van der Waals surface area contributed by atoms with Crippen LogP contribution in [-0.2, 0) is 13.1 Å². The minimum Gasteiger partial charge on any atom is -0.352 e. The van der Waals surface area contributed by atoms with E-state index in [0.29, 0.717) is 0 Å². The Kier molecular flexibility index (Phi) is 3.84. The molecule has 0 saturated heterocycles. The van der Waals surface area contributed by atoms with Gasteiger partial charge in [0.05, 0.1) is 5.69 Å². The first-order valence-corrected chi connectivity index (χ1v) is 6.50. The fourth-order valence-electron chi connectivity index (χ4n) is 1.71. The van der Waals surface area contributed by atoms with Gasteiger partial charge in [-0.15, -0.1) is 0 Å². The van der Waals surface area contributed by atoms with Crippen molar-refractivity contribution in [3.63, 3.8) is 0 Å². The topological polar surface area (TPSA) is 29.9 Å². The van der Waals surface area contributed by atoms with Crippen molar-refractivity contribution in [3.8, 4) is 0 Å². The second kappa shape index (κ2) is 5.36. The first kappa shape index (κ1) is 12.2. The Hall–Kier alpha value is -1.29. The predicted octanol–water partition coefficient (Wildman–Crippen LogP) is 3.59. The summed E-state index contributed by atoms with van der Waals surface area (Å²) in [7, 11) is 0. The van der Waals surface area contributed by atoms with Crippen molar-refractivity contribution in [1.29, 1.82) is 0 Å². The average molecular weight is 294 g/mol. The highest BCUT2D eigenvalue weighted by Gasteiger charge is 2.03. The largest absolute Gasteiger partial charge is 0.352 e. The molecule has 90 valence electrons. The van der Waals surface area contributed by atoms with E-state index in [4.69, 9.17) is 0 Å². The number of benzene rings is 1. The van der Waals surface area contributed by atoms with E-state index in [0.717, 1.165) is 29.2 Å². The number of aromatic nitrogens is 2. The summed E-state index contributed by atoms with van der Waals surface area (Å²) in [5.41, 5.74) is 2.29. The molecule has 2 rings (SSSR count). The number of halogens is 1. The Morgan fingerprint density at radius 2 is 2.00 bits per heavy atom. The molecule has 0 aliphatic rings. The first-order chi connectivity index (χ1) is 8.19. The molecule has 0 bridgehead atoms. The average Bonchev–Trinajstić information content (AvgIpc) is 2.69. The number of nitrogens with one attached hydrogen (secondary N) is 1. The lowest BCUT2D eigenvalue weighted by Gasteiger charge is -2.07. The molecule has 0 aliphatic carbocycles. The van der Waals surface area contributed by atoms with Crippen LogP contribution in [0.25, 0.3) is 0 Å². The molecule has 0 amide bonds. The summed E-state index contributed by atoms with van der Waals surface area (Å²) in [5, 5.41) is 3.36. The van der Waals surface area contributed by atoms with Crippen LogP contribution < -0.4 is 5.32 Å². The molecule has 2 aromatic rings. The van der Waals surface area contributed by atoms with Crippen molar-refractivity contribution in [3.05, 3.63) is 46.2 Å². The third-order valence-corrected chi connectivity index (χ3v) is 3.13. The number of hydrogen-bond acceptors (Lipinski definition) is 2. The van der Waals surface area contributed by atoms with Crippen LogP contribution in [0.1, 0.15) is 18.2 Å². The Bertz CT molecular complexity index is 488.